The number of hydrogen-bond acceptors (Lipinski definition) is 7. The topological polar surface area (TPSA) is 65.7 Å². The predicted octanol–water partition coefficient (Wildman–Crippen LogP) is 3.10. The average Bonchev–Trinajstić information content (AvgIpc) is 3.27. The Kier molecular flexibility index (Phi) is 5.06. The highest BCUT2D eigenvalue weighted by Gasteiger charge is 2.14. The molecule has 28 heavy (non-hydrogen) atoms. The Morgan fingerprint density at radius 3 is 2.46 bits per heavy atom. The second-order valence-electron chi connectivity index (χ2n) is 5.89. The van der Waals surface area contributed by atoms with Crippen LogP contribution in [0, 0.1) is 0 Å². The van der Waals surface area contributed by atoms with Gasteiger partial charge in [0.05, 0.1) is 18.8 Å². The number of rotatable bonds is 5. The molecule has 0 aliphatic heterocycles. The molecule has 0 saturated carbocycles. The Balaban J connectivity index is 1.74. The van der Waals surface area contributed by atoms with E-state index in [2.05, 4.69) is 10.1 Å². The van der Waals surface area contributed by atoms with E-state index in [-0.39, 0.29) is 5.56 Å². The van der Waals surface area contributed by atoms with Gasteiger partial charge in [-0.3, -0.25) is 4.79 Å². The van der Waals surface area contributed by atoms with Gasteiger partial charge in [-0.1, -0.05) is 23.5 Å². The molecule has 0 atom stereocenters. The molecule has 0 bridgehead atoms. The van der Waals surface area contributed by atoms with Crippen molar-refractivity contribution in [2.24, 2.45) is 0 Å². The van der Waals surface area contributed by atoms with Crippen molar-refractivity contribution in [1.29, 1.82) is 0 Å². The summed E-state index contributed by atoms with van der Waals surface area (Å²) in [5.74, 6) is 1.68. The van der Waals surface area contributed by atoms with Gasteiger partial charge in [0, 0.05) is 10.5 Å². The van der Waals surface area contributed by atoms with Crippen LogP contribution in [0.2, 0.25) is 0 Å². The highest BCUT2D eigenvalue weighted by atomic mass is 32.2. The van der Waals surface area contributed by atoms with Crippen molar-refractivity contribution in [2.45, 2.75) is 4.90 Å². The maximum absolute atomic E-state index is 12.7. The Hall–Kier alpha value is -2.84. The second-order valence-corrected chi connectivity index (χ2v) is 7.78. The van der Waals surface area contributed by atoms with Gasteiger partial charge in [0.25, 0.3) is 5.56 Å². The number of benzene rings is 2. The van der Waals surface area contributed by atoms with Crippen molar-refractivity contribution >= 4 is 34.1 Å². The van der Waals surface area contributed by atoms with E-state index < -0.39 is 0 Å². The predicted molar refractivity (Wildman–Crippen MR) is 113 cm³/mol. The van der Waals surface area contributed by atoms with Crippen LogP contribution < -0.4 is 19.6 Å². The maximum Gasteiger partial charge on any atom is 0.291 e. The molecule has 0 aliphatic carbocycles. The number of aromatic nitrogens is 3. The van der Waals surface area contributed by atoms with Crippen LogP contribution in [0.15, 0.2) is 52.2 Å². The van der Waals surface area contributed by atoms with Gasteiger partial charge in [-0.05, 0) is 48.2 Å². The Morgan fingerprint density at radius 2 is 1.82 bits per heavy atom. The molecule has 6 nitrogen and oxygen atoms in total. The van der Waals surface area contributed by atoms with Crippen LogP contribution in [0.3, 0.4) is 0 Å². The molecule has 4 rings (SSSR count). The van der Waals surface area contributed by atoms with Gasteiger partial charge < -0.3 is 9.47 Å². The standard InChI is InChI=1S/C20H17N3O3S2/c1-25-15-9-6-13(11-16(15)26-2)18-21-20-23(22-18)19(24)17(28-20)10-12-4-7-14(27-3)8-5-12/h4-11H,1-3H3/b17-10-. The summed E-state index contributed by atoms with van der Waals surface area (Å²) < 4.78 is 12.5. The first-order chi connectivity index (χ1) is 13.6. The summed E-state index contributed by atoms with van der Waals surface area (Å²) in [4.78, 5) is 19.0. The fourth-order valence-corrected chi connectivity index (χ4v) is 4.10. The van der Waals surface area contributed by atoms with E-state index in [0.717, 1.165) is 11.1 Å². The van der Waals surface area contributed by atoms with E-state index >= 15 is 0 Å². The third kappa shape index (κ3) is 3.36. The molecule has 0 amide bonds. The van der Waals surface area contributed by atoms with E-state index in [4.69, 9.17) is 9.47 Å². The smallest absolute Gasteiger partial charge is 0.291 e. The second kappa shape index (κ2) is 7.65. The first-order valence-corrected chi connectivity index (χ1v) is 10.4. The summed E-state index contributed by atoms with van der Waals surface area (Å²) in [5.41, 5.74) is 1.55. The van der Waals surface area contributed by atoms with Crippen LogP contribution in [0.4, 0.5) is 0 Å². The largest absolute Gasteiger partial charge is 0.493 e. The number of nitrogens with zero attached hydrogens (tertiary/aromatic N) is 3. The lowest BCUT2D eigenvalue weighted by Gasteiger charge is -2.07. The third-order valence-corrected chi connectivity index (χ3v) is 5.94. The zero-order valence-electron chi connectivity index (χ0n) is 15.5. The molecule has 0 radical (unpaired) electrons. The average molecular weight is 412 g/mol. The monoisotopic (exact) mass is 411 g/mol. The molecule has 0 spiro atoms. The van der Waals surface area contributed by atoms with Crippen LogP contribution >= 0.6 is 23.1 Å². The third-order valence-electron chi connectivity index (χ3n) is 4.24. The number of hydrogen-bond donors (Lipinski definition) is 0. The summed E-state index contributed by atoms with van der Waals surface area (Å²) in [6, 6.07) is 13.5. The van der Waals surface area contributed by atoms with Crippen LogP contribution in [0.1, 0.15) is 5.56 Å². The van der Waals surface area contributed by atoms with Gasteiger partial charge >= 0.3 is 0 Å². The number of thioether (sulfide) groups is 1. The van der Waals surface area contributed by atoms with E-state index in [0.29, 0.717) is 26.8 Å². The van der Waals surface area contributed by atoms with Gasteiger partial charge in [0.1, 0.15) is 0 Å². The molecule has 8 heteroatoms. The fourth-order valence-electron chi connectivity index (χ4n) is 2.78. The molecule has 2 heterocycles. The Bertz CT molecular complexity index is 1250. The lowest BCUT2D eigenvalue weighted by molar-refractivity contribution is 0.355. The Morgan fingerprint density at radius 1 is 1.07 bits per heavy atom. The molecule has 0 unspecified atom stereocenters. The maximum atomic E-state index is 12.7. The number of fused-ring (bicyclic) bond motifs is 1. The molecule has 142 valence electrons. The van der Waals surface area contributed by atoms with Crippen LogP contribution in [0.25, 0.3) is 22.4 Å². The van der Waals surface area contributed by atoms with E-state index in [1.54, 1.807) is 38.1 Å². The SMILES string of the molecule is COc1ccc(-c2nc3s/c(=C\c4ccc(SC)cc4)c(=O)n3n2)cc1OC. The summed E-state index contributed by atoms with van der Waals surface area (Å²) in [6.45, 7) is 0. The lowest BCUT2D eigenvalue weighted by atomic mass is 10.2. The normalized spacial score (nSPS) is 11.9. The molecule has 0 N–H and O–H groups in total. The van der Waals surface area contributed by atoms with Gasteiger partial charge in [-0.2, -0.15) is 9.50 Å². The summed E-state index contributed by atoms with van der Waals surface area (Å²) in [7, 11) is 3.16. The molecule has 0 aliphatic rings. The van der Waals surface area contributed by atoms with Crippen molar-refractivity contribution in [3.8, 4) is 22.9 Å². The van der Waals surface area contributed by atoms with Crippen molar-refractivity contribution < 1.29 is 9.47 Å². The van der Waals surface area contributed by atoms with Crippen molar-refractivity contribution in [3.05, 3.63) is 62.9 Å². The summed E-state index contributed by atoms with van der Waals surface area (Å²) in [6.07, 6.45) is 3.90. The lowest BCUT2D eigenvalue weighted by Crippen LogP contribution is -2.23. The molecular formula is C20H17N3O3S2. The van der Waals surface area contributed by atoms with Gasteiger partial charge in [0.2, 0.25) is 4.96 Å². The quantitative estimate of drug-likeness (QED) is 0.470. The molecule has 2 aromatic carbocycles. The zero-order valence-corrected chi connectivity index (χ0v) is 17.1. The van der Waals surface area contributed by atoms with Gasteiger partial charge in [-0.15, -0.1) is 16.9 Å². The Labute approximate surface area is 169 Å². The molecule has 0 fully saturated rings. The molecular weight excluding hydrogens is 394 g/mol. The van der Waals surface area contributed by atoms with E-state index in [1.165, 1.54) is 20.7 Å². The zero-order chi connectivity index (χ0) is 19.7. The van der Waals surface area contributed by atoms with Crippen molar-refractivity contribution in [2.75, 3.05) is 20.5 Å². The van der Waals surface area contributed by atoms with Crippen molar-refractivity contribution in [1.82, 2.24) is 14.6 Å². The van der Waals surface area contributed by atoms with Crippen LogP contribution in [0.5, 0.6) is 11.5 Å². The van der Waals surface area contributed by atoms with Gasteiger partial charge in [-0.25, -0.2) is 0 Å². The first kappa shape index (κ1) is 18.5. The fraction of sp³-hybridized carbons (Fsp3) is 0.150. The minimum atomic E-state index is -0.173. The highest BCUT2D eigenvalue weighted by Crippen LogP contribution is 2.31. The molecule has 2 aromatic heterocycles. The van der Waals surface area contributed by atoms with Gasteiger partial charge in [0.15, 0.2) is 17.3 Å². The molecule has 4 aromatic rings. The van der Waals surface area contributed by atoms with Crippen molar-refractivity contribution in [3.63, 3.8) is 0 Å². The number of thiazole rings is 1. The number of ether oxygens (including phenoxy) is 2. The first-order valence-electron chi connectivity index (χ1n) is 8.40. The van der Waals surface area contributed by atoms with Crippen LogP contribution in [-0.4, -0.2) is 35.1 Å². The summed E-state index contributed by atoms with van der Waals surface area (Å²) >= 11 is 3.00. The highest BCUT2D eigenvalue weighted by molar-refractivity contribution is 7.98. The van der Waals surface area contributed by atoms with E-state index in [1.807, 2.05) is 42.7 Å². The minimum absolute atomic E-state index is 0.173. The summed E-state index contributed by atoms with van der Waals surface area (Å²) in [5, 5.41) is 4.39. The molecule has 0 saturated heterocycles. The number of methoxy groups -OCH3 is 2. The van der Waals surface area contributed by atoms with Crippen LogP contribution in [-0.2, 0) is 0 Å². The minimum Gasteiger partial charge on any atom is -0.493 e. The van der Waals surface area contributed by atoms with E-state index in [9.17, 15) is 4.79 Å².